The molecule has 3 rings (SSSR count). The molecular formula is C17H16N4O3S2. The minimum absolute atomic E-state index is 0.153. The Labute approximate surface area is 155 Å². The van der Waals surface area contributed by atoms with E-state index in [0.717, 1.165) is 16.8 Å². The van der Waals surface area contributed by atoms with Crippen LogP contribution in [0.4, 0.5) is 11.4 Å². The van der Waals surface area contributed by atoms with Gasteiger partial charge in [0, 0.05) is 34.7 Å². The second-order valence-electron chi connectivity index (χ2n) is 5.56. The summed E-state index contributed by atoms with van der Waals surface area (Å²) < 4.78 is 24.7. The fourth-order valence-electron chi connectivity index (χ4n) is 2.22. The van der Waals surface area contributed by atoms with Crippen molar-refractivity contribution in [3.8, 4) is 10.6 Å². The summed E-state index contributed by atoms with van der Waals surface area (Å²) in [6.45, 7) is 0. The number of benzene rings is 1. The van der Waals surface area contributed by atoms with Crippen LogP contribution in [0.1, 0.15) is 5.69 Å². The van der Waals surface area contributed by atoms with Crippen LogP contribution in [0.3, 0.4) is 0 Å². The molecule has 0 saturated carbocycles. The number of nitrogens with zero attached hydrogens (tertiary/aromatic N) is 2. The number of carbonyl (C=O) groups excluding carboxylic acids is 1. The molecule has 3 aromatic rings. The standard InChI is InChI=1S/C17H16N4O3S2/c1-26(23,24)21-14-6-4-13(5-7-14)19-16(22)9-15-11-25-17(20-15)12-3-2-8-18-10-12/h2-8,10-11,21H,9H2,1H3,(H,19,22). The van der Waals surface area contributed by atoms with E-state index < -0.39 is 10.0 Å². The molecule has 1 aromatic carbocycles. The Hall–Kier alpha value is -2.78. The van der Waals surface area contributed by atoms with Gasteiger partial charge in [0.25, 0.3) is 0 Å². The van der Waals surface area contributed by atoms with Crippen LogP contribution in [0.5, 0.6) is 0 Å². The Morgan fingerprint density at radius 3 is 2.54 bits per heavy atom. The Balaban J connectivity index is 1.60. The van der Waals surface area contributed by atoms with Crippen LogP contribution >= 0.6 is 11.3 Å². The highest BCUT2D eigenvalue weighted by molar-refractivity contribution is 7.92. The summed E-state index contributed by atoms with van der Waals surface area (Å²) in [5, 5.41) is 5.43. The van der Waals surface area contributed by atoms with E-state index in [4.69, 9.17) is 0 Å². The third-order valence-electron chi connectivity index (χ3n) is 3.27. The number of thiazole rings is 1. The number of amides is 1. The molecule has 0 atom stereocenters. The van der Waals surface area contributed by atoms with Gasteiger partial charge in [0.05, 0.1) is 18.4 Å². The molecule has 26 heavy (non-hydrogen) atoms. The van der Waals surface area contributed by atoms with Crippen LogP contribution in [-0.4, -0.2) is 30.5 Å². The molecular weight excluding hydrogens is 372 g/mol. The van der Waals surface area contributed by atoms with E-state index in [1.165, 1.54) is 11.3 Å². The van der Waals surface area contributed by atoms with E-state index in [-0.39, 0.29) is 12.3 Å². The predicted molar refractivity (Wildman–Crippen MR) is 103 cm³/mol. The Morgan fingerprint density at radius 2 is 1.88 bits per heavy atom. The molecule has 0 unspecified atom stereocenters. The highest BCUT2D eigenvalue weighted by atomic mass is 32.2. The monoisotopic (exact) mass is 388 g/mol. The van der Waals surface area contributed by atoms with Crippen LogP contribution in [0.2, 0.25) is 0 Å². The average Bonchev–Trinajstić information content (AvgIpc) is 3.04. The normalized spacial score (nSPS) is 11.1. The summed E-state index contributed by atoms with van der Waals surface area (Å²) in [7, 11) is -3.32. The van der Waals surface area contributed by atoms with Crippen molar-refractivity contribution in [1.29, 1.82) is 0 Å². The molecule has 0 aliphatic heterocycles. The zero-order chi connectivity index (χ0) is 18.6. The Kier molecular flexibility index (Phi) is 5.29. The Bertz CT molecular complexity index is 1000. The first-order chi connectivity index (χ1) is 12.4. The second kappa shape index (κ2) is 7.63. The second-order valence-corrected chi connectivity index (χ2v) is 8.17. The predicted octanol–water partition coefficient (Wildman–Crippen LogP) is 2.76. The van der Waals surface area contributed by atoms with Gasteiger partial charge in [0.1, 0.15) is 5.01 Å². The average molecular weight is 388 g/mol. The maximum Gasteiger partial charge on any atom is 0.230 e. The smallest absolute Gasteiger partial charge is 0.230 e. The van der Waals surface area contributed by atoms with Crippen molar-refractivity contribution < 1.29 is 13.2 Å². The van der Waals surface area contributed by atoms with Crippen LogP contribution in [0.15, 0.2) is 54.2 Å². The first-order valence-corrected chi connectivity index (χ1v) is 10.4. The largest absolute Gasteiger partial charge is 0.326 e. The lowest BCUT2D eigenvalue weighted by Gasteiger charge is -2.07. The number of nitrogens with one attached hydrogen (secondary N) is 2. The van der Waals surface area contributed by atoms with Gasteiger partial charge in [-0.25, -0.2) is 13.4 Å². The molecule has 2 heterocycles. The van der Waals surface area contributed by atoms with E-state index in [2.05, 4.69) is 20.0 Å². The molecule has 2 aromatic heterocycles. The molecule has 0 spiro atoms. The van der Waals surface area contributed by atoms with Crippen molar-refractivity contribution in [3.63, 3.8) is 0 Å². The van der Waals surface area contributed by atoms with Crippen molar-refractivity contribution in [3.05, 3.63) is 59.9 Å². The van der Waals surface area contributed by atoms with Gasteiger partial charge < -0.3 is 5.32 Å². The van der Waals surface area contributed by atoms with E-state index in [9.17, 15) is 13.2 Å². The molecule has 0 saturated heterocycles. The lowest BCUT2D eigenvalue weighted by Crippen LogP contribution is -2.14. The Morgan fingerprint density at radius 1 is 1.15 bits per heavy atom. The van der Waals surface area contributed by atoms with Gasteiger partial charge in [-0.3, -0.25) is 14.5 Å². The lowest BCUT2D eigenvalue weighted by molar-refractivity contribution is -0.115. The van der Waals surface area contributed by atoms with Gasteiger partial charge in [0.15, 0.2) is 0 Å². The maximum absolute atomic E-state index is 12.2. The van der Waals surface area contributed by atoms with Gasteiger partial charge in [-0.05, 0) is 36.4 Å². The van der Waals surface area contributed by atoms with E-state index in [1.54, 1.807) is 36.7 Å². The van der Waals surface area contributed by atoms with Gasteiger partial charge in [0.2, 0.25) is 15.9 Å². The van der Waals surface area contributed by atoms with E-state index in [1.807, 2.05) is 17.5 Å². The minimum Gasteiger partial charge on any atom is -0.326 e. The number of rotatable bonds is 6. The number of hydrogen-bond acceptors (Lipinski definition) is 6. The molecule has 2 N–H and O–H groups in total. The van der Waals surface area contributed by atoms with Crippen LogP contribution in [0, 0.1) is 0 Å². The van der Waals surface area contributed by atoms with Gasteiger partial charge in [-0.2, -0.15) is 0 Å². The third kappa shape index (κ3) is 5.11. The van der Waals surface area contributed by atoms with E-state index in [0.29, 0.717) is 17.1 Å². The van der Waals surface area contributed by atoms with Gasteiger partial charge >= 0.3 is 0 Å². The summed E-state index contributed by atoms with van der Waals surface area (Å²) in [4.78, 5) is 20.7. The SMILES string of the molecule is CS(=O)(=O)Nc1ccc(NC(=O)Cc2csc(-c3cccnc3)n2)cc1. The summed E-state index contributed by atoms with van der Waals surface area (Å²) in [6, 6.07) is 10.2. The van der Waals surface area contributed by atoms with Gasteiger partial charge in [-0.15, -0.1) is 11.3 Å². The number of aromatic nitrogens is 2. The lowest BCUT2D eigenvalue weighted by atomic mass is 10.2. The molecule has 134 valence electrons. The highest BCUT2D eigenvalue weighted by Crippen LogP contribution is 2.23. The molecule has 0 aliphatic rings. The van der Waals surface area contributed by atoms with Crippen molar-refractivity contribution in [1.82, 2.24) is 9.97 Å². The van der Waals surface area contributed by atoms with Crippen molar-refractivity contribution in [2.45, 2.75) is 6.42 Å². The molecule has 7 nitrogen and oxygen atoms in total. The van der Waals surface area contributed by atoms with Crippen molar-refractivity contribution >= 4 is 38.6 Å². The summed E-state index contributed by atoms with van der Waals surface area (Å²) in [5.41, 5.74) is 2.61. The number of sulfonamides is 1. The third-order valence-corrected chi connectivity index (χ3v) is 4.82. The fraction of sp³-hybridized carbons (Fsp3) is 0.118. The summed E-state index contributed by atoms with van der Waals surface area (Å²) >= 11 is 1.46. The number of pyridine rings is 1. The molecule has 0 aliphatic carbocycles. The van der Waals surface area contributed by atoms with Crippen molar-refractivity contribution in [2.24, 2.45) is 0 Å². The summed E-state index contributed by atoms with van der Waals surface area (Å²) in [6.07, 6.45) is 4.66. The minimum atomic E-state index is -3.32. The number of hydrogen-bond donors (Lipinski definition) is 2. The van der Waals surface area contributed by atoms with E-state index >= 15 is 0 Å². The van der Waals surface area contributed by atoms with Crippen LogP contribution in [0.25, 0.3) is 10.6 Å². The number of anilines is 2. The van der Waals surface area contributed by atoms with Gasteiger partial charge in [-0.1, -0.05) is 0 Å². The number of carbonyl (C=O) groups is 1. The van der Waals surface area contributed by atoms with Crippen LogP contribution in [-0.2, 0) is 21.2 Å². The van der Waals surface area contributed by atoms with Crippen molar-refractivity contribution in [2.75, 3.05) is 16.3 Å². The topological polar surface area (TPSA) is 101 Å². The zero-order valence-corrected chi connectivity index (χ0v) is 15.5. The maximum atomic E-state index is 12.2. The molecule has 0 radical (unpaired) electrons. The summed E-state index contributed by atoms with van der Waals surface area (Å²) in [5.74, 6) is -0.197. The highest BCUT2D eigenvalue weighted by Gasteiger charge is 2.10. The molecule has 0 bridgehead atoms. The fourth-order valence-corrected chi connectivity index (χ4v) is 3.59. The molecule has 0 fully saturated rings. The van der Waals surface area contributed by atoms with Crippen LogP contribution < -0.4 is 10.0 Å². The first-order valence-electron chi connectivity index (χ1n) is 7.61. The molecule has 9 heteroatoms. The molecule has 1 amide bonds. The quantitative estimate of drug-likeness (QED) is 0.676. The zero-order valence-electron chi connectivity index (χ0n) is 13.8. The first kappa shape index (κ1) is 18.0.